The summed E-state index contributed by atoms with van der Waals surface area (Å²) < 4.78 is 5.64. The minimum Gasteiger partial charge on any atom is -0.396 e. The van der Waals surface area contributed by atoms with E-state index >= 15 is 0 Å². The van der Waals surface area contributed by atoms with Crippen LogP contribution in [-0.2, 0) is 4.74 Å². The van der Waals surface area contributed by atoms with Crippen LogP contribution in [0.4, 0.5) is 4.79 Å². The van der Waals surface area contributed by atoms with Crippen LogP contribution in [0.3, 0.4) is 0 Å². The number of carbonyl (C=O) groups excluding carboxylic acids is 1. The van der Waals surface area contributed by atoms with E-state index in [1.807, 2.05) is 0 Å². The Hall–Kier alpha value is -0.810. The van der Waals surface area contributed by atoms with E-state index in [0.29, 0.717) is 18.6 Å². The highest BCUT2D eigenvalue weighted by molar-refractivity contribution is 5.74. The molecule has 3 N–H and O–H groups in total. The van der Waals surface area contributed by atoms with Crippen molar-refractivity contribution in [3.05, 3.63) is 0 Å². The number of aliphatic hydroxyl groups is 1. The van der Waals surface area contributed by atoms with Crippen LogP contribution >= 0.6 is 0 Å². The van der Waals surface area contributed by atoms with Crippen molar-refractivity contribution in [3.8, 4) is 0 Å². The van der Waals surface area contributed by atoms with Crippen molar-refractivity contribution in [3.63, 3.8) is 0 Å². The molecule has 1 atom stereocenters. The average molecular weight is 284 g/mol. The Morgan fingerprint density at radius 3 is 2.60 bits per heavy atom. The maximum atomic E-state index is 11.8. The molecule has 2 amide bonds. The van der Waals surface area contributed by atoms with E-state index in [4.69, 9.17) is 9.84 Å². The molecule has 0 aromatic carbocycles. The number of nitrogens with one attached hydrogen (secondary N) is 2. The molecule has 0 aromatic rings. The summed E-state index contributed by atoms with van der Waals surface area (Å²) in [6.45, 7) is 1.83. The van der Waals surface area contributed by atoms with Gasteiger partial charge in [0.05, 0.1) is 6.10 Å². The standard InChI is InChI=1S/C15H28N2O3/c18-11-12-4-6-13(7-5-12)17-15(19)16-9-8-14-3-1-2-10-20-14/h12-14,18H,1-11H2,(H2,16,17,19). The van der Waals surface area contributed by atoms with Crippen molar-refractivity contribution < 1.29 is 14.6 Å². The number of hydrogen-bond donors (Lipinski definition) is 3. The maximum Gasteiger partial charge on any atom is 0.315 e. The zero-order chi connectivity index (χ0) is 14.2. The SMILES string of the molecule is O=C(NCCC1CCCCO1)NC1CCC(CO)CC1. The molecule has 5 heteroatoms. The predicted molar refractivity (Wildman–Crippen MR) is 77.6 cm³/mol. The summed E-state index contributed by atoms with van der Waals surface area (Å²) in [6, 6.07) is 0.206. The third kappa shape index (κ3) is 5.29. The molecule has 1 saturated heterocycles. The maximum absolute atomic E-state index is 11.8. The van der Waals surface area contributed by atoms with Crippen LogP contribution in [-0.4, -0.2) is 43.0 Å². The second kappa shape index (κ2) is 8.47. The summed E-state index contributed by atoms with van der Waals surface area (Å²) in [7, 11) is 0. The minimum atomic E-state index is -0.0618. The molecule has 1 saturated carbocycles. The van der Waals surface area contributed by atoms with Gasteiger partial charge in [0.15, 0.2) is 0 Å². The van der Waals surface area contributed by atoms with Crippen LogP contribution in [0.2, 0.25) is 0 Å². The van der Waals surface area contributed by atoms with Gasteiger partial charge in [-0.3, -0.25) is 0 Å². The topological polar surface area (TPSA) is 70.6 Å². The molecule has 0 spiro atoms. The molecule has 20 heavy (non-hydrogen) atoms. The van der Waals surface area contributed by atoms with E-state index in [-0.39, 0.29) is 18.7 Å². The highest BCUT2D eigenvalue weighted by Gasteiger charge is 2.21. The van der Waals surface area contributed by atoms with Gasteiger partial charge in [0.2, 0.25) is 0 Å². The molecule has 1 aliphatic heterocycles. The number of ether oxygens (including phenoxy) is 1. The number of carbonyl (C=O) groups is 1. The monoisotopic (exact) mass is 284 g/mol. The fourth-order valence-corrected chi connectivity index (χ4v) is 3.11. The second-order valence-corrected chi connectivity index (χ2v) is 6.08. The Morgan fingerprint density at radius 2 is 1.95 bits per heavy atom. The number of rotatable bonds is 5. The summed E-state index contributed by atoms with van der Waals surface area (Å²) in [5.41, 5.74) is 0. The Labute approximate surface area is 121 Å². The minimum absolute atomic E-state index is 0.0618. The van der Waals surface area contributed by atoms with Gasteiger partial charge in [0.25, 0.3) is 0 Å². The van der Waals surface area contributed by atoms with Gasteiger partial charge < -0.3 is 20.5 Å². The van der Waals surface area contributed by atoms with Gasteiger partial charge in [-0.2, -0.15) is 0 Å². The smallest absolute Gasteiger partial charge is 0.315 e. The number of amides is 2. The van der Waals surface area contributed by atoms with Gasteiger partial charge in [-0.1, -0.05) is 0 Å². The molecule has 2 fully saturated rings. The molecule has 0 radical (unpaired) electrons. The number of hydrogen-bond acceptors (Lipinski definition) is 3. The van der Waals surface area contributed by atoms with Crippen molar-refractivity contribution in [1.29, 1.82) is 0 Å². The fraction of sp³-hybridized carbons (Fsp3) is 0.933. The first-order chi connectivity index (χ1) is 9.78. The van der Waals surface area contributed by atoms with Crippen LogP contribution in [0, 0.1) is 5.92 Å². The molecule has 2 rings (SSSR count). The van der Waals surface area contributed by atoms with Gasteiger partial charge in [0, 0.05) is 25.8 Å². The summed E-state index contributed by atoms with van der Waals surface area (Å²) in [4.78, 5) is 11.8. The van der Waals surface area contributed by atoms with E-state index in [2.05, 4.69) is 10.6 Å². The Bertz CT molecular complexity index is 285. The van der Waals surface area contributed by atoms with E-state index < -0.39 is 0 Å². The quantitative estimate of drug-likeness (QED) is 0.721. The van der Waals surface area contributed by atoms with Crippen LogP contribution < -0.4 is 10.6 Å². The van der Waals surface area contributed by atoms with Gasteiger partial charge in [-0.15, -0.1) is 0 Å². The normalized spacial score (nSPS) is 30.8. The third-order valence-electron chi connectivity index (χ3n) is 4.47. The van der Waals surface area contributed by atoms with Crippen molar-refractivity contribution in [2.75, 3.05) is 19.8 Å². The van der Waals surface area contributed by atoms with E-state index in [9.17, 15) is 4.79 Å². The molecular formula is C15H28N2O3. The number of aliphatic hydroxyl groups excluding tert-OH is 1. The predicted octanol–water partition coefficient (Wildman–Crippen LogP) is 1.80. The molecule has 116 valence electrons. The Balaban J connectivity index is 1.54. The van der Waals surface area contributed by atoms with Crippen LogP contribution in [0.15, 0.2) is 0 Å². The average Bonchev–Trinajstić information content (AvgIpc) is 2.49. The molecule has 1 heterocycles. The van der Waals surface area contributed by atoms with Crippen molar-refractivity contribution in [2.45, 2.75) is 63.5 Å². The zero-order valence-corrected chi connectivity index (χ0v) is 12.3. The lowest BCUT2D eigenvalue weighted by atomic mass is 9.87. The molecule has 1 aliphatic carbocycles. The molecule has 5 nitrogen and oxygen atoms in total. The van der Waals surface area contributed by atoms with Crippen molar-refractivity contribution >= 4 is 6.03 Å². The van der Waals surface area contributed by atoms with Gasteiger partial charge >= 0.3 is 6.03 Å². The van der Waals surface area contributed by atoms with E-state index in [0.717, 1.165) is 45.1 Å². The Morgan fingerprint density at radius 1 is 1.15 bits per heavy atom. The van der Waals surface area contributed by atoms with Crippen LogP contribution in [0.1, 0.15) is 51.4 Å². The Kier molecular flexibility index (Phi) is 6.60. The molecule has 0 aromatic heterocycles. The lowest BCUT2D eigenvalue weighted by Crippen LogP contribution is -2.44. The molecule has 1 unspecified atom stereocenters. The van der Waals surface area contributed by atoms with Gasteiger partial charge in [0.1, 0.15) is 0 Å². The molecule has 0 bridgehead atoms. The zero-order valence-electron chi connectivity index (χ0n) is 12.3. The summed E-state index contributed by atoms with van der Waals surface area (Å²) in [5, 5.41) is 15.0. The highest BCUT2D eigenvalue weighted by Crippen LogP contribution is 2.23. The first-order valence-electron chi connectivity index (χ1n) is 8.04. The summed E-state index contributed by atoms with van der Waals surface area (Å²) >= 11 is 0. The summed E-state index contributed by atoms with van der Waals surface area (Å²) in [5.74, 6) is 0.430. The molecular weight excluding hydrogens is 256 g/mol. The van der Waals surface area contributed by atoms with Gasteiger partial charge in [-0.05, 0) is 57.3 Å². The van der Waals surface area contributed by atoms with E-state index in [1.165, 1.54) is 12.8 Å². The molecule has 2 aliphatic rings. The third-order valence-corrected chi connectivity index (χ3v) is 4.47. The number of urea groups is 1. The van der Waals surface area contributed by atoms with Crippen molar-refractivity contribution in [1.82, 2.24) is 10.6 Å². The lowest BCUT2D eigenvalue weighted by Gasteiger charge is -2.28. The summed E-state index contributed by atoms with van der Waals surface area (Å²) in [6.07, 6.45) is 8.73. The van der Waals surface area contributed by atoms with E-state index in [1.54, 1.807) is 0 Å². The fourth-order valence-electron chi connectivity index (χ4n) is 3.11. The largest absolute Gasteiger partial charge is 0.396 e. The van der Waals surface area contributed by atoms with Crippen LogP contribution in [0.5, 0.6) is 0 Å². The highest BCUT2D eigenvalue weighted by atomic mass is 16.5. The second-order valence-electron chi connectivity index (χ2n) is 6.08. The first kappa shape index (κ1) is 15.6. The lowest BCUT2D eigenvalue weighted by molar-refractivity contribution is 0.0120. The van der Waals surface area contributed by atoms with Crippen molar-refractivity contribution in [2.24, 2.45) is 5.92 Å². The first-order valence-corrected chi connectivity index (χ1v) is 8.04. The van der Waals surface area contributed by atoms with Gasteiger partial charge in [-0.25, -0.2) is 4.79 Å². The van der Waals surface area contributed by atoms with Crippen LogP contribution in [0.25, 0.3) is 0 Å².